The lowest BCUT2D eigenvalue weighted by Gasteiger charge is -2.11. The maximum absolute atomic E-state index is 11.5. The molecule has 0 aliphatic heterocycles. The maximum Gasteiger partial charge on any atom is 0.152 e. The zero-order chi connectivity index (χ0) is 8.22. The number of alkyl halides is 3. The van der Waals surface area contributed by atoms with Crippen molar-refractivity contribution in [2.24, 2.45) is 11.8 Å². The van der Waals surface area contributed by atoms with Crippen LogP contribution >= 0.6 is 47.8 Å². The monoisotopic (exact) mass is 344 g/mol. The van der Waals surface area contributed by atoms with E-state index in [1.54, 1.807) is 0 Å². The highest BCUT2D eigenvalue weighted by atomic mass is 79.9. The second-order valence-corrected chi connectivity index (χ2v) is 8.00. The first-order valence-corrected chi connectivity index (χ1v) is 6.11. The molecule has 2 fully saturated rings. The molecule has 0 saturated heterocycles. The van der Waals surface area contributed by atoms with Crippen molar-refractivity contribution in [3.05, 3.63) is 0 Å². The van der Waals surface area contributed by atoms with Crippen molar-refractivity contribution in [2.75, 3.05) is 0 Å². The van der Waals surface area contributed by atoms with Gasteiger partial charge in [0.25, 0.3) is 0 Å². The van der Waals surface area contributed by atoms with Gasteiger partial charge in [0, 0.05) is 5.92 Å². The van der Waals surface area contributed by atoms with Gasteiger partial charge in [-0.25, -0.2) is 0 Å². The lowest BCUT2D eigenvalue weighted by atomic mass is 10.00. The van der Waals surface area contributed by atoms with Crippen molar-refractivity contribution in [1.82, 2.24) is 0 Å². The topological polar surface area (TPSA) is 17.1 Å². The first kappa shape index (κ1) is 8.70. The van der Waals surface area contributed by atoms with Gasteiger partial charge in [-0.15, -0.1) is 0 Å². The second kappa shape index (κ2) is 2.55. The summed E-state index contributed by atoms with van der Waals surface area (Å²) in [6, 6.07) is 0. The number of halogens is 3. The predicted octanol–water partition coefficient (Wildman–Crippen LogP) is 2.84. The molecule has 11 heavy (non-hydrogen) atoms. The van der Waals surface area contributed by atoms with E-state index in [4.69, 9.17) is 0 Å². The molecular formula is C7H7Br3O. The molecule has 2 saturated carbocycles. The molecule has 4 heteroatoms. The molecule has 0 unspecified atom stereocenters. The number of ketones is 1. The Bertz CT molecular complexity index is 214. The summed E-state index contributed by atoms with van der Waals surface area (Å²) in [6.45, 7) is 0. The Morgan fingerprint density at radius 1 is 1.36 bits per heavy atom. The van der Waals surface area contributed by atoms with Crippen LogP contribution in [-0.4, -0.2) is 13.8 Å². The molecule has 0 aromatic heterocycles. The van der Waals surface area contributed by atoms with Gasteiger partial charge >= 0.3 is 0 Å². The van der Waals surface area contributed by atoms with Gasteiger partial charge in [0.05, 0.1) is 8.06 Å². The first-order chi connectivity index (χ1) is 5.05. The van der Waals surface area contributed by atoms with Crippen LogP contribution in [0.3, 0.4) is 0 Å². The third-order valence-electron chi connectivity index (χ3n) is 2.55. The fourth-order valence-electron chi connectivity index (χ4n) is 1.80. The van der Waals surface area contributed by atoms with Crippen LogP contribution in [0.2, 0.25) is 0 Å². The van der Waals surface area contributed by atoms with Crippen molar-refractivity contribution in [1.29, 1.82) is 0 Å². The zero-order valence-electron chi connectivity index (χ0n) is 5.69. The number of fused-ring (bicyclic) bond motifs is 1. The molecule has 0 radical (unpaired) electrons. The quantitative estimate of drug-likeness (QED) is 0.616. The smallest absolute Gasteiger partial charge is 0.152 e. The van der Waals surface area contributed by atoms with Crippen molar-refractivity contribution >= 4 is 53.6 Å². The minimum absolute atomic E-state index is 0.0559. The van der Waals surface area contributed by atoms with Crippen molar-refractivity contribution in [3.8, 4) is 0 Å². The van der Waals surface area contributed by atoms with Crippen molar-refractivity contribution in [3.63, 3.8) is 0 Å². The van der Waals surface area contributed by atoms with Crippen molar-refractivity contribution in [2.45, 2.75) is 20.9 Å². The molecular weight excluding hydrogens is 340 g/mol. The fraction of sp³-hybridized carbons (Fsp3) is 0.857. The summed E-state index contributed by atoms with van der Waals surface area (Å²) < 4.78 is -0.0559. The Morgan fingerprint density at radius 3 is 2.55 bits per heavy atom. The lowest BCUT2D eigenvalue weighted by molar-refractivity contribution is -0.120. The van der Waals surface area contributed by atoms with E-state index in [9.17, 15) is 4.79 Å². The molecule has 0 amide bonds. The van der Waals surface area contributed by atoms with Gasteiger partial charge < -0.3 is 0 Å². The molecule has 62 valence electrons. The van der Waals surface area contributed by atoms with E-state index in [0.717, 1.165) is 12.8 Å². The van der Waals surface area contributed by atoms with Gasteiger partial charge in [-0.2, -0.15) is 0 Å². The standard InChI is InChI=1S/C7H7Br3O/c8-4-2-1-3-5(6(4)11)7(3,9)10/h3-5H,1-2H2/t3-,4-,5-/m1/s1. The summed E-state index contributed by atoms with van der Waals surface area (Å²) in [4.78, 5) is 11.6. The minimum atomic E-state index is -0.0559. The highest BCUT2D eigenvalue weighted by Gasteiger charge is 2.67. The van der Waals surface area contributed by atoms with Gasteiger partial charge in [-0.1, -0.05) is 47.8 Å². The van der Waals surface area contributed by atoms with Gasteiger partial charge in [-0.05, 0) is 18.8 Å². The number of hydrogen-bond donors (Lipinski definition) is 0. The number of rotatable bonds is 0. The SMILES string of the molecule is O=C1[C@H](Br)CC[C@@H]2[C@H]1C2(Br)Br. The summed E-state index contributed by atoms with van der Waals surface area (Å²) in [5.74, 6) is 1.10. The maximum atomic E-state index is 11.5. The Kier molecular flexibility index (Phi) is 2.01. The van der Waals surface area contributed by atoms with E-state index in [-0.39, 0.29) is 14.0 Å². The van der Waals surface area contributed by atoms with E-state index in [1.165, 1.54) is 0 Å². The van der Waals surface area contributed by atoms with E-state index in [1.807, 2.05) is 0 Å². The average molecular weight is 347 g/mol. The molecule has 0 aromatic rings. The lowest BCUT2D eigenvalue weighted by Crippen LogP contribution is -2.21. The molecule has 0 aromatic carbocycles. The van der Waals surface area contributed by atoms with Crippen LogP contribution in [0.4, 0.5) is 0 Å². The number of carbonyl (C=O) groups excluding carboxylic acids is 1. The Balaban J connectivity index is 2.19. The highest BCUT2D eigenvalue weighted by Crippen LogP contribution is 2.66. The van der Waals surface area contributed by atoms with E-state index < -0.39 is 0 Å². The molecule has 2 aliphatic rings. The summed E-state index contributed by atoms with van der Waals surface area (Å²) in [5, 5.41) is 0. The van der Waals surface area contributed by atoms with Crippen LogP contribution in [0.1, 0.15) is 12.8 Å². The van der Waals surface area contributed by atoms with E-state index in [2.05, 4.69) is 47.8 Å². The van der Waals surface area contributed by atoms with E-state index in [0.29, 0.717) is 11.7 Å². The predicted molar refractivity (Wildman–Crippen MR) is 54.5 cm³/mol. The van der Waals surface area contributed by atoms with Crippen LogP contribution in [0.5, 0.6) is 0 Å². The summed E-state index contributed by atoms with van der Waals surface area (Å²) in [7, 11) is 0. The molecule has 2 rings (SSSR count). The molecule has 0 N–H and O–H groups in total. The Hall–Kier alpha value is 1.11. The fourth-order valence-corrected chi connectivity index (χ4v) is 4.16. The molecule has 3 atom stereocenters. The van der Waals surface area contributed by atoms with Gasteiger partial charge in [0.1, 0.15) is 0 Å². The average Bonchev–Trinajstić information content (AvgIpc) is 2.46. The van der Waals surface area contributed by atoms with Crippen LogP contribution < -0.4 is 0 Å². The Labute approximate surface area is 90.7 Å². The molecule has 0 bridgehead atoms. The largest absolute Gasteiger partial charge is 0.298 e. The number of Topliss-reactive ketones (excluding diaryl/α,β-unsaturated/α-hetero) is 1. The van der Waals surface area contributed by atoms with E-state index >= 15 is 0 Å². The molecule has 0 spiro atoms. The minimum Gasteiger partial charge on any atom is -0.298 e. The zero-order valence-corrected chi connectivity index (χ0v) is 10.4. The second-order valence-electron chi connectivity index (χ2n) is 3.21. The molecule has 2 aliphatic carbocycles. The third kappa shape index (κ3) is 1.17. The summed E-state index contributed by atoms with van der Waals surface area (Å²) in [5.41, 5.74) is 0. The summed E-state index contributed by atoms with van der Waals surface area (Å²) in [6.07, 6.45) is 2.13. The first-order valence-electron chi connectivity index (χ1n) is 3.60. The highest BCUT2D eigenvalue weighted by molar-refractivity contribution is 9.25. The number of hydrogen-bond acceptors (Lipinski definition) is 1. The van der Waals surface area contributed by atoms with Crippen molar-refractivity contribution < 1.29 is 4.79 Å². The van der Waals surface area contributed by atoms with Gasteiger partial charge in [-0.3, -0.25) is 4.79 Å². The number of carbonyl (C=O) groups is 1. The normalized spacial score (nSPS) is 46.8. The molecule has 0 heterocycles. The summed E-state index contributed by atoms with van der Waals surface area (Å²) >= 11 is 10.4. The van der Waals surface area contributed by atoms with Crippen LogP contribution in [0, 0.1) is 11.8 Å². The van der Waals surface area contributed by atoms with Crippen LogP contribution in [0.15, 0.2) is 0 Å². The van der Waals surface area contributed by atoms with Gasteiger partial charge in [0.2, 0.25) is 0 Å². The molecule has 1 nitrogen and oxygen atoms in total. The van der Waals surface area contributed by atoms with Gasteiger partial charge in [0.15, 0.2) is 5.78 Å². The van der Waals surface area contributed by atoms with Crippen LogP contribution in [0.25, 0.3) is 0 Å². The Morgan fingerprint density at radius 2 is 2.00 bits per heavy atom. The third-order valence-corrected chi connectivity index (χ3v) is 5.62. The van der Waals surface area contributed by atoms with Crippen LogP contribution in [-0.2, 0) is 4.79 Å².